The van der Waals surface area contributed by atoms with Gasteiger partial charge < -0.3 is 15.0 Å². The summed E-state index contributed by atoms with van der Waals surface area (Å²) in [7, 11) is 0. The first kappa shape index (κ1) is 23.5. The molecule has 0 aliphatic carbocycles. The van der Waals surface area contributed by atoms with Crippen LogP contribution in [0.2, 0.25) is 0 Å². The normalized spacial score (nSPS) is 11.0. The zero-order valence-corrected chi connectivity index (χ0v) is 19.6. The fourth-order valence-corrected chi connectivity index (χ4v) is 4.17. The van der Waals surface area contributed by atoms with Crippen LogP contribution in [0.5, 0.6) is 0 Å². The van der Waals surface area contributed by atoms with E-state index >= 15 is 0 Å². The third kappa shape index (κ3) is 5.13. The van der Waals surface area contributed by atoms with Gasteiger partial charge in [0.25, 0.3) is 5.24 Å². The lowest BCUT2D eigenvalue weighted by Crippen LogP contribution is -2.08. The molecule has 34 heavy (non-hydrogen) atoms. The van der Waals surface area contributed by atoms with Gasteiger partial charge in [-0.05, 0) is 47.4 Å². The van der Waals surface area contributed by atoms with Gasteiger partial charge in [-0.3, -0.25) is 9.93 Å². The van der Waals surface area contributed by atoms with Crippen LogP contribution in [0.25, 0.3) is 22.2 Å². The zero-order chi connectivity index (χ0) is 24.1. The van der Waals surface area contributed by atoms with Crippen molar-refractivity contribution in [2.24, 2.45) is 5.14 Å². The lowest BCUT2D eigenvalue weighted by atomic mass is 9.99. The summed E-state index contributed by atoms with van der Waals surface area (Å²) in [5, 5.41) is 17.3. The first-order valence-corrected chi connectivity index (χ1v) is 12.0. The predicted octanol–water partition coefficient (Wildman–Crippen LogP) is 5.93. The number of aromatic carboxylic acids is 1. The smallest absolute Gasteiger partial charge is 0.336 e. The lowest BCUT2D eigenvalue weighted by molar-refractivity contribution is 0.0697. The first-order chi connectivity index (χ1) is 16.5. The Morgan fingerprint density at radius 2 is 1.85 bits per heavy atom. The van der Waals surface area contributed by atoms with E-state index in [0.29, 0.717) is 29.7 Å². The molecule has 0 saturated heterocycles. The molecule has 4 rings (SSSR count). The molecule has 0 bridgehead atoms. The summed E-state index contributed by atoms with van der Waals surface area (Å²) < 4.78 is 2.18. The Bertz CT molecular complexity index is 1330. The minimum atomic E-state index is -0.943. The Hall–Kier alpha value is -3.62. The van der Waals surface area contributed by atoms with E-state index in [9.17, 15) is 14.7 Å². The van der Waals surface area contributed by atoms with Crippen molar-refractivity contribution >= 4 is 39.9 Å². The number of benzene rings is 3. The van der Waals surface area contributed by atoms with Crippen molar-refractivity contribution in [2.75, 3.05) is 5.32 Å². The molecule has 7 nitrogen and oxygen atoms in total. The van der Waals surface area contributed by atoms with Crippen molar-refractivity contribution in [2.45, 2.75) is 32.7 Å². The van der Waals surface area contributed by atoms with Gasteiger partial charge in [-0.15, -0.1) is 0 Å². The van der Waals surface area contributed by atoms with Crippen LogP contribution in [0, 0.1) is 0 Å². The van der Waals surface area contributed by atoms with Crippen molar-refractivity contribution in [3.8, 4) is 11.1 Å². The maximum absolute atomic E-state index is 11.7. The molecule has 8 heteroatoms. The molecule has 0 fully saturated rings. The Labute approximate surface area is 202 Å². The molecule has 1 heterocycles. The SMILES string of the molecule is CCCCc1nc2ccc(NC(=O)SN)cc2n1Cc1ccc(-c2ccccc2C(=O)O)cc1. The van der Waals surface area contributed by atoms with Gasteiger partial charge in [-0.25, -0.2) is 9.78 Å². The number of anilines is 1. The van der Waals surface area contributed by atoms with Crippen LogP contribution in [0.15, 0.2) is 66.7 Å². The van der Waals surface area contributed by atoms with Gasteiger partial charge in [-0.1, -0.05) is 55.8 Å². The highest BCUT2D eigenvalue weighted by Crippen LogP contribution is 2.26. The second kappa shape index (κ2) is 10.5. The summed E-state index contributed by atoms with van der Waals surface area (Å²) in [6.45, 7) is 2.76. The highest BCUT2D eigenvalue weighted by atomic mass is 32.2. The summed E-state index contributed by atoms with van der Waals surface area (Å²) >= 11 is 0.641. The molecular formula is C26H26N4O3S. The summed E-state index contributed by atoms with van der Waals surface area (Å²) in [5.74, 6) is 0.0508. The van der Waals surface area contributed by atoms with Crippen LogP contribution >= 0.6 is 11.9 Å². The number of imidazole rings is 1. The molecule has 1 amide bonds. The lowest BCUT2D eigenvalue weighted by Gasteiger charge is -2.12. The van der Waals surface area contributed by atoms with Crippen molar-refractivity contribution in [3.63, 3.8) is 0 Å². The number of nitrogens with one attached hydrogen (secondary N) is 1. The van der Waals surface area contributed by atoms with Crippen LogP contribution < -0.4 is 10.5 Å². The second-order valence-corrected chi connectivity index (χ2v) is 8.61. The van der Waals surface area contributed by atoms with Gasteiger partial charge >= 0.3 is 5.97 Å². The average molecular weight is 475 g/mol. The van der Waals surface area contributed by atoms with E-state index in [4.69, 9.17) is 10.1 Å². The number of carbonyl (C=O) groups excluding carboxylic acids is 1. The minimum absolute atomic E-state index is 0.280. The third-order valence-electron chi connectivity index (χ3n) is 5.70. The molecule has 174 valence electrons. The van der Waals surface area contributed by atoms with E-state index in [2.05, 4.69) is 16.8 Å². The van der Waals surface area contributed by atoms with Crippen LogP contribution in [0.4, 0.5) is 10.5 Å². The quantitative estimate of drug-likeness (QED) is 0.273. The molecular weight excluding hydrogens is 448 g/mol. The summed E-state index contributed by atoms with van der Waals surface area (Å²) in [6.07, 6.45) is 2.95. The number of aromatic nitrogens is 2. The van der Waals surface area contributed by atoms with Crippen molar-refractivity contribution in [1.29, 1.82) is 0 Å². The van der Waals surface area contributed by atoms with Gasteiger partial charge in [0.1, 0.15) is 5.82 Å². The van der Waals surface area contributed by atoms with Crippen molar-refractivity contribution in [3.05, 3.63) is 83.7 Å². The van der Waals surface area contributed by atoms with Crippen LogP contribution in [0.1, 0.15) is 41.5 Å². The molecule has 3 aromatic carbocycles. The highest BCUT2D eigenvalue weighted by Gasteiger charge is 2.14. The van der Waals surface area contributed by atoms with Gasteiger partial charge in [-0.2, -0.15) is 0 Å². The third-order valence-corrected chi connectivity index (χ3v) is 6.01. The molecule has 0 spiro atoms. The molecule has 1 aromatic heterocycles. The van der Waals surface area contributed by atoms with Gasteiger partial charge in [0.2, 0.25) is 0 Å². The molecule has 0 atom stereocenters. The number of fused-ring (bicyclic) bond motifs is 1. The maximum atomic E-state index is 11.7. The highest BCUT2D eigenvalue weighted by molar-refractivity contribution is 8.11. The number of carbonyl (C=O) groups is 2. The number of hydrogen-bond donors (Lipinski definition) is 3. The number of aryl methyl sites for hydroxylation is 1. The second-order valence-electron chi connectivity index (χ2n) is 8.00. The van der Waals surface area contributed by atoms with Crippen molar-refractivity contribution < 1.29 is 14.7 Å². The van der Waals surface area contributed by atoms with E-state index < -0.39 is 5.97 Å². The fraction of sp³-hybridized carbons (Fsp3) is 0.192. The topological polar surface area (TPSA) is 110 Å². The molecule has 0 unspecified atom stereocenters. The van der Waals surface area contributed by atoms with Gasteiger partial charge in [0.05, 0.1) is 16.6 Å². The molecule has 4 aromatic rings. The average Bonchev–Trinajstić information content (AvgIpc) is 3.19. The Kier molecular flexibility index (Phi) is 7.30. The molecule has 4 N–H and O–H groups in total. The van der Waals surface area contributed by atoms with Crippen LogP contribution in [0.3, 0.4) is 0 Å². The van der Waals surface area contributed by atoms with E-state index in [1.807, 2.05) is 54.6 Å². The largest absolute Gasteiger partial charge is 0.478 e. The standard InChI is InChI=1S/C26H26N4O3S/c1-2-3-8-24-29-22-14-13-19(28-26(33)34-27)15-23(22)30(24)16-17-9-11-18(12-10-17)20-6-4-5-7-21(20)25(31)32/h4-7,9-15H,2-3,8,16,27H2,1H3,(H,28,33)(H,31,32). The van der Waals surface area contributed by atoms with Crippen molar-refractivity contribution in [1.82, 2.24) is 9.55 Å². The molecule has 0 radical (unpaired) electrons. The molecule has 0 saturated carbocycles. The Morgan fingerprint density at radius 3 is 2.56 bits per heavy atom. The predicted molar refractivity (Wildman–Crippen MR) is 137 cm³/mol. The zero-order valence-electron chi connectivity index (χ0n) is 18.8. The van der Waals surface area contributed by atoms with Gasteiger partial charge in [0.15, 0.2) is 0 Å². The Balaban J connectivity index is 1.68. The van der Waals surface area contributed by atoms with E-state index in [-0.39, 0.29) is 10.8 Å². The van der Waals surface area contributed by atoms with Crippen LogP contribution in [-0.2, 0) is 13.0 Å². The van der Waals surface area contributed by atoms with E-state index in [0.717, 1.165) is 47.2 Å². The van der Waals surface area contributed by atoms with E-state index in [1.165, 1.54) is 0 Å². The monoisotopic (exact) mass is 474 g/mol. The summed E-state index contributed by atoms with van der Waals surface area (Å²) in [4.78, 5) is 28.2. The number of hydrogen-bond acceptors (Lipinski definition) is 5. The molecule has 0 aliphatic heterocycles. The molecule has 0 aliphatic rings. The number of unbranched alkanes of at least 4 members (excludes halogenated alkanes) is 1. The Morgan fingerprint density at radius 1 is 1.09 bits per heavy atom. The van der Waals surface area contributed by atoms with Gasteiger partial charge in [0, 0.05) is 30.6 Å². The summed E-state index contributed by atoms with van der Waals surface area (Å²) in [5.41, 5.74) is 5.37. The fourth-order valence-electron chi connectivity index (χ4n) is 3.99. The van der Waals surface area contributed by atoms with E-state index in [1.54, 1.807) is 12.1 Å². The number of carboxylic acids is 1. The minimum Gasteiger partial charge on any atom is -0.478 e. The maximum Gasteiger partial charge on any atom is 0.336 e. The number of rotatable bonds is 8. The first-order valence-electron chi connectivity index (χ1n) is 11.1. The number of carboxylic acid groups (broad SMARTS) is 1. The number of amides is 1. The summed E-state index contributed by atoms with van der Waals surface area (Å²) in [6, 6.07) is 20.6. The van der Waals surface area contributed by atoms with Crippen LogP contribution in [-0.4, -0.2) is 25.9 Å². The number of nitrogens with zero attached hydrogens (tertiary/aromatic N) is 2. The number of nitrogens with two attached hydrogens (primary N) is 1.